The van der Waals surface area contributed by atoms with E-state index in [4.69, 9.17) is 9.84 Å². The van der Waals surface area contributed by atoms with Crippen LogP contribution in [-0.4, -0.2) is 42.3 Å². The van der Waals surface area contributed by atoms with Crippen molar-refractivity contribution in [2.45, 2.75) is 45.1 Å². The van der Waals surface area contributed by atoms with Crippen molar-refractivity contribution in [3.63, 3.8) is 0 Å². The van der Waals surface area contributed by atoms with Crippen molar-refractivity contribution in [2.24, 2.45) is 5.92 Å². The molecule has 0 saturated carbocycles. The number of ether oxygens (including phenoxy) is 1. The zero-order valence-electron chi connectivity index (χ0n) is 18.5. The molecule has 2 amide bonds. The molecule has 0 bridgehead atoms. The SMILES string of the molecule is CCC(CNC(=O)C[C@H](C)NC(=O)OCC1c2ccccc2-c2ccccc21)CC(=O)O. The third-order valence-electron chi connectivity index (χ3n) is 5.83. The molecule has 32 heavy (non-hydrogen) atoms. The number of fused-ring (bicyclic) bond motifs is 3. The molecule has 2 aromatic carbocycles. The van der Waals surface area contributed by atoms with Crippen LogP contribution < -0.4 is 10.6 Å². The van der Waals surface area contributed by atoms with Gasteiger partial charge in [-0.2, -0.15) is 0 Å². The van der Waals surface area contributed by atoms with Gasteiger partial charge in [0.05, 0.1) is 0 Å². The van der Waals surface area contributed by atoms with Gasteiger partial charge in [-0.1, -0.05) is 61.9 Å². The summed E-state index contributed by atoms with van der Waals surface area (Å²) in [5.74, 6) is -1.24. The second-order valence-corrected chi connectivity index (χ2v) is 8.25. The second kappa shape index (κ2) is 10.8. The van der Waals surface area contributed by atoms with Crippen LogP contribution in [0.15, 0.2) is 48.5 Å². The standard InChI is InChI=1S/C25H30N2O5/c1-3-17(13-24(29)30)14-26-23(28)12-16(2)27-25(31)32-15-22-20-10-6-4-8-18(20)19-9-5-7-11-21(19)22/h4-11,16-17,22H,3,12-15H2,1-2H3,(H,26,28)(H,27,31)(H,29,30)/t16-,17?/m0/s1. The van der Waals surface area contributed by atoms with Crippen LogP contribution in [-0.2, 0) is 14.3 Å². The molecule has 0 aliphatic heterocycles. The highest BCUT2D eigenvalue weighted by molar-refractivity contribution is 5.79. The number of aliphatic carboxylic acids is 1. The van der Waals surface area contributed by atoms with E-state index >= 15 is 0 Å². The van der Waals surface area contributed by atoms with Crippen LogP contribution in [0.1, 0.15) is 50.2 Å². The summed E-state index contributed by atoms with van der Waals surface area (Å²) in [6, 6.07) is 15.8. The highest BCUT2D eigenvalue weighted by atomic mass is 16.5. The van der Waals surface area contributed by atoms with Gasteiger partial charge in [0, 0.05) is 31.3 Å². The maximum absolute atomic E-state index is 12.3. The van der Waals surface area contributed by atoms with E-state index in [1.807, 2.05) is 31.2 Å². The Morgan fingerprint density at radius 1 is 1.00 bits per heavy atom. The molecule has 3 N–H and O–H groups in total. The molecule has 2 atom stereocenters. The number of amides is 2. The molecular formula is C25H30N2O5. The first-order chi connectivity index (χ1) is 15.4. The number of rotatable bonds is 10. The first-order valence-corrected chi connectivity index (χ1v) is 11.0. The average molecular weight is 439 g/mol. The Hall–Kier alpha value is -3.35. The molecule has 3 rings (SSSR count). The first-order valence-electron chi connectivity index (χ1n) is 11.0. The third kappa shape index (κ3) is 5.87. The molecule has 1 aliphatic rings. The number of hydrogen-bond donors (Lipinski definition) is 3. The minimum atomic E-state index is -0.878. The van der Waals surface area contributed by atoms with Crippen LogP contribution in [0.2, 0.25) is 0 Å². The van der Waals surface area contributed by atoms with Gasteiger partial charge in [-0.25, -0.2) is 4.79 Å². The minimum Gasteiger partial charge on any atom is -0.481 e. The topological polar surface area (TPSA) is 105 Å². The van der Waals surface area contributed by atoms with Crippen LogP contribution in [0.4, 0.5) is 4.79 Å². The molecule has 1 aliphatic carbocycles. The maximum Gasteiger partial charge on any atom is 0.407 e. The lowest BCUT2D eigenvalue weighted by Crippen LogP contribution is -2.39. The Kier molecular flexibility index (Phi) is 7.87. The Morgan fingerprint density at radius 3 is 2.16 bits per heavy atom. The number of carboxylic acids is 1. The largest absolute Gasteiger partial charge is 0.481 e. The van der Waals surface area contributed by atoms with Gasteiger partial charge in [0.2, 0.25) is 5.91 Å². The van der Waals surface area contributed by atoms with E-state index in [0.717, 1.165) is 22.3 Å². The first kappa shape index (κ1) is 23.3. The summed E-state index contributed by atoms with van der Waals surface area (Å²) in [6.07, 6.45) is 0.211. The van der Waals surface area contributed by atoms with Crippen LogP contribution in [0.25, 0.3) is 11.1 Å². The summed E-state index contributed by atoms with van der Waals surface area (Å²) < 4.78 is 5.50. The molecule has 7 nitrogen and oxygen atoms in total. The van der Waals surface area contributed by atoms with Crippen molar-refractivity contribution >= 4 is 18.0 Å². The summed E-state index contributed by atoms with van der Waals surface area (Å²) in [6.45, 7) is 4.14. The van der Waals surface area contributed by atoms with Gasteiger partial charge in [0.15, 0.2) is 0 Å². The van der Waals surface area contributed by atoms with E-state index in [0.29, 0.717) is 13.0 Å². The van der Waals surface area contributed by atoms with Crippen molar-refractivity contribution in [3.05, 3.63) is 59.7 Å². The molecule has 0 heterocycles. The lowest BCUT2D eigenvalue weighted by molar-refractivity contribution is -0.138. The van der Waals surface area contributed by atoms with Crippen LogP contribution in [0.3, 0.4) is 0 Å². The summed E-state index contributed by atoms with van der Waals surface area (Å²) in [7, 11) is 0. The fourth-order valence-electron chi connectivity index (χ4n) is 4.11. The summed E-state index contributed by atoms with van der Waals surface area (Å²) in [4.78, 5) is 35.3. The molecule has 170 valence electrons. The van der Waals surface area contributed by atoms with Crippen molar-refractivity contribution in [1.29, 1.82) is 0 Å². The van der Waals surface area contributed by atoms with Crippen LogP contribution in [0, 0.1) is 5.92 Å². The molecular weight excluding hydrogens is 408 g/mol. The fraction of sp³-hybridized carbons (Fsp3) is 0.400. The molecule has 0 fully saturated rings. The molecule has 1 unspecified atom stereocenters. The summed E-state index contributed by atoms with van der Waals surface area (Å²) in [5.41, 5.74) is 4.60. The Labute approximate surface area is 188 Å². The number of nitrogens with one attached hydrogen (secondary N) is 2. The number of benzene rings is 2. The third-order valence-corrected chi connectivity index (χ3v) is 5.83. The van der Waals surface area contributed by atoms with Gasteiger partial charge in [0.25, 0.3) is 0 Å². The Morgan fingerprint density at radius 2 is 1.59 bits per heavy atom. The molecule has 0 radical (unpaired) electrons. The average Bonchev–Trinajstić information content (AvgIpc) is 3.08. The lowest BCUT2D eigenvalue weighted by atomic mass is 9.98. The van der Waals surface area contributed by atoms with Gasteiger partial charge in [-0.05, 0) is 35.1 Å². The van der Waals surface area contributed by atoms with Crippen molar-refractivity contribution in [1.82, 2.24) is 10.6 Å². The Bertz CT molecular complexity index is 929. The molecule has 0 aromatic heterocycles. The summed E-state index contributed by atoms with van der Waals surface area (Å²) in [5, 5.41) is 14.3. The number of carboxylic acid groups (broad SMARTS) is 1. The molecule has 2 aromatic rings. The zero-order valence-corrected chi connectivity index (χ0v) is 18.5. The molecule has 0 spiro atoms. The van der Waals surface area contributed by atoms with Gasteiger partial charge < -0.3 is 20.5 Å². The smallest absolute Gasteiger partial charge is 0.407 e. The highest BCUT2D eigenvalue weighted by Gasteiger charge is 2.29. The minimum absolute atomic E-state index is 0.0182. The van der Waals surface area contributed by atoms with Crippen molar-refractivity contribution in [2.75, 3.05) is 13.2 Å². The maximum atomic E-state index is 12.3. The highest BCUT2D eigenvalue weighted by Crippen LogP contribution is 2.44. The predicted octanol–water partition coefficient (Wildman–Crippen LogP) is 3.92. The number of carbonyl (C=O) groups is 3. The fourth-order valence-corrected chi connectivity index (χ4v) is 4.11. The van der Waals surface area contributed by atoms with Crippen LogP contribution in [0.5, 0.6) is 0 Å². The van der Waals surface area contributed by atoms with Crippen molar-refractivity contribution in [3.8, 4) is 11.1 Å². The number of alkyl carbamates (subject to hydrolysis) is 1. The van der Waals surface area contributed by atoms with Gasteiger partial charge in [-0.3, -0.25) is 9.59 Å². The quantitative estimate of drug-likeness (QED) is 0.521. The van der Waals surface area contributed by atoms with Crippen LogP contribution >= 0.6 is 0 Å². The van der Waals surface area contributed by atoms with Crippen molar-refractivity contribution < 1.29 is 24.2 Å². The van der Waals surface area contributed by atoms with Gasteiger partial charge in [0.1, 0.15) is 6.61 Å². The predicted molar refractivity (Wildman–Crippen MR) is 121 cm³/mol. The summed E-state index contributed by atoms with van der Waals surface area (Å²) >= 11 is 0. The number of carbonyl (C=O) groups excluding carboxylic acids is 2. The monoisotopic (exact) mass is 438 g/mol. The van der Waals surface area contributed by atoms with Gasteiger partial charge >= 0.3 is 12.1 Å². The van der Waals surface area contributed by atoms with Gasteiger partial charge in [-0.15, -0.1) is 0 Å². The molecule has 7 heteroatoms. The second-order valence-electron chi connectivity index (χ2n) is 8.25. The molecule has 0 saturated heterocycles. The number of hydrogen-bond acceptors (Lipinski definition) is 4. The Balaban J connectivity index is 1.47. The van der Waals surface area contributed by atoms with E-state index in [1.54, 1.807) is 6.92 Å². The zero-order chi connectivity index (χ0) is 23.1. The van der Waals surface area contributed by atoms with E-state index in [2.05, 4.69) is 34.9 Å². The lowest BCUT2D eigenvalue weighted by Gasteiger charge is -2.18. The van der Waals surface area contributed by atoms with E-state index < -0.39 is 18.1 Å². The normalized spacial score (nSPS) is 14.1. The van der Waals surface area contributed by atoms with E-state index in [1.165, 1.54) is 0 Å². The van der Waals surface area contributed by atoms with E-state index in [-0.39, 0.29) is 37.2 Å². The van der Waals surface area contributed by atoms with E-state index in [9.17, 15) is 14.4 Å².